The monoisotopic (exact) mass is 417 g/mol. The van der Waals surface area contributed by atoms with E-state index < -0.39 is 10.0 Å². The Labute approximate surface area is 164 Å². The Morgan fingerprint density at radius 2 is 1.70 bits per heavy atom. The highest BCUT2D eigenvalue weighted by atomic mass is 35.5. The second-order valence-electron chi connectivity index (χ2n) is 5.57. The van der Waals surface area contributed by atoms with Gasteiger partial charge in [0.2, 0.25) is 5.82 Å². The van der Waals surface area contributed by atoms with Crippen molar-refractivity contribution in [3.8, 4) is 22.8 Å². The fourth-order valence-corrected chi connectivity index (χ4v) is 4.17. The van der Waals surface area contributed by atoms with Gasteiger partial charge in [-0.3, -0.25) is 4.72 Å². The van der Waals surface area contributed by atoms with Crippen molar-refractivity contribution in [1.29, 1.82) is 0 Å². The van der Waals surface area contributed by atoms with Crippen LogP contribution in [0.15, 0.2) is 74.8 Å². The molecule has 1 N–H and O–H groups in total. The van der Waals surface area contributed by atoms with E-state index in [1.54, 1.807) is 35.6 Å². The molecule has 4 rings (SSSR count). The summed E-state index contributed by atoms with van der Waals surface area (Å²) in [5, 5.41) is 8.30. The van der Waals surface area contributed by atoms with E-state index in [0.717, 1.165) is 11.1 Å². The van der Waals surface area contributed by atoms with Crippen LogP contribution in [0.4, 0.5) is 5.69 Å². The minimum Gasteiger partial charge on any atom is -0.334 e. The number of nitrogens with one attached hydrogen (secondary N) is 1. The highest BCUT2D eigenvalue weighted by Crippen LogP contribution is 2.25. The normalized spacial score (nSPS) is 11.4. The van der Waals surface area contributed by atoms with Gasteiger partial charge in [0.1, 0.15) is 0 Å². The molecule has 2 heterocycles. The van der Waals surface area contributed by atoms with Crippen LogP contribution in [0.2, 0.25) is 5.02 Å². The molecule has 0 radical (unpaired) electrons. The van der Waals surface area contributed by atoms with Crippen molar-refractivity contribution in [1.82, 2.24) is 10.1 Å². The van der Waals surface area contributed by atoms with Crippen molar-refractivity contribution >= 4 is 38.6 Å². The van der Waals surface area contributed by atoms with E-state index in [0.29, 0.717) is 22.4 Å². The average molecular weight is 418 g/mol. The number of hydrogen-bond acceptors (Lipinski definition) is 6. The molecule has 136 valence electrons. The quantitative estimate of drug-likeness (QED) is 0.498. The first-order chi connectivity index (χ1) is 13.0. The van der Waals surface area contributed by atoms with Gasteiger partial charge in [-0.1, -0.05) is 16.8 Å². The molecule has 2 aromatic carbocycles. The summed E-state index contributed by atoms with van der Waals surface area (Å²) >= 11 is 7.34. The lowest BCUT2D eigenvalue weighted by atomic mass is 10.2. The van der Waals surface area contributed by atoms with Crippen molar-refractivity contribution in [3.63, 3.8) is 0 Å². The number of sulfonamides is 1. The maximum atomic E-state index is 12.4. The van der Waals surface area contributed by atoms with Crippen LogP contribution in [0.5, 0.6) is 0 Å². The molecule has 0 amide bonds. The number of thiophene rings is 1. The van der Waals surface area contributed by atoms with Crippen molar-refractivity contribution in [2.24, 2.45) is 0 Å². The Kier molecular flexibility index (Phi) is 4.69. The average Bonchev–Trinajstić information content (AvgIpc) is 3.34. The highest BCUT2D eigenvalue weighted by Gasteiger charge is 2.15. The zero-order chi connectivity index (χ0) is 18.9. The number of rotatable bonds is 5. The summed E-state index contributed by atoms with van der Waals surface area (Å²) < 4.78 is 32.6. The molecule has 0 saturated carbocycles. The molecule has 0 bridgehead atoms. The van der Waals surface area contributed by atoms with Crippen molar-refractivity contribution in [3.05, 3.63) is 70.4 Å². The first-order valence-corrected chi connectivity index (χ1v) is 10.6. The molecule has 27 heavy (non-hydrogen) atoms. The molecule has 0 aliphatic carbocycles. The highest BCUT2D eigenvalue weighted by molar-refractivity contribution is 7.92. The SMILES string of the molecule is O=S(=O)(Nc1ccc(-c2noc(-c3ccsc3)n2)cc1)c1ccc(Cl)cc1. The molecule has 0 atom stereocenters. The standard InChI is InChI=1S/C18H12ClN3O3S2/c19-14-3-7-16(8-4-14)27(23,24)22-15-5-1-12(2-6-15)17-20-18(25-21-17)13-9-10-26-11-13/h1-11,22H. The summed E-state index contributed by atoms with van der Waals surface area (Å²) in [6.07, 6.45) is 0. The number of aromatic nitrogens is 2. The van der Waals surface area contributed by atoms with Gasteiger partial charge in [0.25, 0.3) is 15.9 Å². The smallest absolute Gasteiger partial charge is 0.261 e. The summed E-state index contributed by atoms with van der Waals surface area (Å²) in [7, 11) is -3.69. The molecule has 2 aromatic heterocycles. The van der Waals surface area contributed by atoms with Crippen LogP contribution < -0.4 is 4.72 Å². The fraction of sp³-hybridized carbons (Fsp3) is 0. The number of anilines is 1. The molecule has 0 aliphatic rings. The van der Waals surface area contributed by atoms with Crippen LogP contribution in [0.1, 0.15) is 0 Å². The van der Waals surface area contributed by atoms with Crippen LogP contribution in [0, 0.1) is 0 Å². The van der Waals surface area contributed by atoms with Gasteiger partial charge in [-0.25, -0.2) is 8.42 Å². The molecule has 0 unspecified atom stereocenters. The number of halogens is 1. The Hall–Kier alpha value is -2.68. The zero-order valence-electron chi connectivity index (χ0n) is 13.7. The van der Waals surface area contributed by atoms with E-state index >= 15 is 0 Å². The third-order valence-corrected chi connectivity index (χ3v) is 6.05. The predicted molar refractivity (Wildman–Crippen MR) is 105 cm³/mol. The van der Waals surface area contributed by atoms with Crippen molar-refractivity contribution in [2.75, 3.05) is 4.72 Å². The Balaban J connectivity index is 1.53. The van der Waals surface area contributed by atoms with Gasteiger partial charge in [0.05, 0.1) is 10.5 Å². The van der Waals surface area contributed by atoms with E-state index in [1.165, 1.54) is 24.3 Å². The van der Waals surface area contributed by atoms with E-state index in [-0.39, 0.29) is 4.90 Å². The second-order valence-corrected chi connectivity index (χ2v) is 8.47. The zero-order valence-corrected chi connectivity index (χ0v) is 16.1. The van der Waals surface area contributed by atoms with Gasteiger partial charge in [-0.2, -0.15) is 16.3 Å². The van der Waals surface area contributed by atoms with Gasteiger partial charge in [-0.15, -0.1) is 0 Å². The molecular weight excluding hydrogens is 406 g/mol. The second kappa shape index (κ2) is 7.15. The minimum atomic E-state index is -3.69. The minimum absolute atomic E-state index is 0.134. The lowest BCUT2D eigenvalue weighted by molar-refractivity contribution is 0.432. The molecule has 0 spiro atoms. The number of benzene rings is 2. The lowest BCUT2D eigenvalue weighted by Crippen LogP contribution is -2.12. The third kappa shape index (κ3) is 3.87. The van der Waals surface area contributed by atoms with E-state index in [9.17, 15) is 8.42 Å². The van der Waals surface area contributed by atoms with Gasteiger partial charge in [0.15, 0.2) is 0 Å². The van der Waals surface area contributed by atoms with Crippen LogP contribution in [-0.4, -0.2) is 18.6 Å². The molecular formula is C18H12ClN3O3S2. The number of hydrogen-bond donors (Lipinski definition) is 1. The van der Waals surface area contributed by atoms with Gasteiger partial charge >= 0.3 is 0 Å². The van der Waals surface area contributed by atoms with Crippen molar-refractivity contribution < 1.29 is 12.9 Å². The molecule has 4 aromatic rings. The molecule has 0 fully saturated rings. The maximum absolute atomic E-state index is 12.4. The molecule has 0 aliphatic heterocycles. The predicted octanol–water partition coefficient (Wildman–Crippen LogP) is 4.92. The first-order valence-electron chi connectivity index (χ1n) is 7.76. The van der Waals surface area contributed by atoms with Gasteiger partial charge in [0, 0.05) is 21.7 Å². The Bertz CT molecular complexity index is 1150. The van der Waals surface area contributed by atoms with E-state index in [4.69, 9.17) is 16.1 Å². The van der Waals surface area contributed by atoms with Crippen LogP contribution in [-0.2, 0) is 10.0 Å². The molecule has 9 heteroatoms. The van der Waals surface area contributed by atoms with Crippen LogP contribution in [0.3, 0.4) is 0 Å². The van der Waals surface area contributed by atoms with E-state index in [2.05, 4.69) is 14.9 Å². The number of nitrogens with zero attached hydrogens (tertiary/aromatic N) is 2. The van der Waals surface area contributed by atoms with Crippen molar-refractivity contribution in [2.45, 2.75) is 4.90 Å². The Morgan fingerprint density at radius 3 is 2.37 bits per heavy atom. The molecule has 0 saturated heterocycles. The fourth-order valence-electron chi connectivity index (χ4n) is 2.36. The summed E-state index contributed by atoms with van der Waals surface area (Å²) in [6, 6.07) is 14.6. The largest absolute Gasteiger partial charge is 0.334 e. The summed E-state index contributed by atoms with van der Waals surface area (Å²) in [4.78, 5) is 4.49. The Morgan fingerprint density at radius 1 is 0.963 bits per heavy atom. The topological polar surface area (TPSA) is 85.1 Å². The summed E-state index contributed by atoms with van der Waals surface area (Å²) in [6.45, 7) is 0. The lowest BCUT2D eigenvalue weighted by Gasteiger charge is -2.08. The van der Waals surface area contributed by atoms with Crippen LogP contribution >= 0.6 is 22.9 Å². The first kappa shape index (κ1) is 17.7. The summed E-state index contributed by atoms with van der Waals surface area (Å²) in [5.74, 6) is 0.877. The van der Waals surface area contributed by atoms with Gasteiger partial charge in [-0.05, 0) is 60.0 Å². The summed E-state index contributed by atoms with van der Waals surface area (Å²) in [5.41, 5.74) is 2.01. The van der Waals surface area contributed by atoms with E-state index in [1.807, 2.05) is 16.8 Å². The van der Waals surface area contributed by atoms with Crippen LogP contribution in [0.25, 0.3) is 22.8 Å². The third-order valence-electron chi connectivity index (χ3n) is 3.71. The maximum Gasteiger partial charge on any atom is 0.261 e. The van der Waals surface area contributed by atoms with Gasteiger partial charge < -0.3 is 4.52 Å². The molecule has 6 nitrogen and oxygen atoms in total.